The van der Waals surface area contributed by atoms with E-state index in [1.807, 2.05) is 0 Å². The Morgan fingerprint density at radius 1 is 1.42 bits per heavy atom. The summed E-state index contributed by atoms with van der Waals surface area (Å²) in [5.74, 6) is 1.72. The SMILES string of the molecule is CC(C)C[C@H]1CCCCC12CO2. The monoisotopic (exact) mass is 168 g/mol. The molecule has 12 heavy (non-hydrogen) atoms. The smallest absolute Gasteiger partial charge is 0.0944 e. The predicted octanol–water partition coefficient (Wildman–Crippen LogP) is 2.99. The van der Waals surface area contributed by atoms with E-state index < -0.39 is 0 Å². The van der Waals surface area contributed by atoms with E-state index in [-0.39, 0.29) is 0 Å². The van der Waals surface area contributed by atoms with Crippen molar-refractivity contribution in [3.05, 3.63) is 0 Å². The highest BCUT2D eigenvalue weighted by Gasteiger charge is 2.51. The number of ether oxygens (including phenoxy) is 1. The van der Waals surface area contributed by atoms with Crippen molar-refractivity contribution in [1.82, 2.24) is 0 Å². The zero-order valence-corrected chi connectivity index (χ0v) is 8.31. The van der Waals surface area contributed by atoms with E-state index in [1.54, 1.807) is 0 Å². The lowest BCUT2D eigenvalue weighted by Gasteiger charge is -2.30. The summed E-state index contributed by atoms with van der Waals surface area (Å²) >= 11 is 0. The highest BCUT2D eigenvalue weighted by atomic mass is 16.6. The van der Waals surface area contributed by atoms with Gasteiger partial charge in [0.1, 0.15) is 0 Å². The van der Waals surface area contributed by atoms with E-state index in [9.17, 15) is 0 Å². The Morgan fingerprint density at radius 2 is 2.17 bits per heavy atom. The Balaban J connectivity index is 1.93. The topological polar surface area (TPSA) is 12.5 Å². The van der Waals surface area contributed by atoms with Crippen LogP contribution in [0, 0.1) is 11.8 Å². The average Bonchev–Trinajstić information content (AvgIpc) is 2.75. The van der Waals surface area contributed by atoms with E-state index >= 15 is 0 Å². The van der Waals surface area contributed by atoms with Crippen LogP contribution in [0.15, 0.2) is 0 Å². The van der Waals surface area contributed by atoms with Crippen molar-refractivity contribution in [3.8, 4) is 0 Å². The molecule has 0 amide bonds. The fraction of sp³-hybridized carbons (Fsp3) is 1.00. The fourth-order valence-corrected chi connectivity index (χ4v) is 2.66. The van der Waals surface area contributed by atoms with Gasteiger partial charge in [0.2, 0.25) is 0 Å². The molecule has 0 N–H and O–H groups in total. The molecule has 1 heteroatoms. The van der Waals surface area contributed by atoms with E-state index in [0.717, 1.165) is 18.4 Å². The highest BCUT2D eigenvalue weighted by Crippen LogP contribution is 2.48. The van der Waals surface area contributed by atoms with Crippen LogP contribution in [0.3, 0.4) is 0 Å². The highest BCUT2D eigenvalue weighted by molar-refractivity contribution is 5.00. The minimum absolute atomic E-state index is 0.377. The number of epoxide rings is 1. The predicted molar refractivity (Wildman–Crippen MR) is 50.1 cm³/mol. The lowest BCUT2D eigenvalue weighted by Crippen LogP contribution is -2.29. The molecule has 1 heterocycles. The second-order valence-corrected chi connectivity index (χ2v) is 4.93. The maximum atomic E-state index is 5.65. The zero-order chi connectivity index (χ0) is 8.60. The molecule has 1 saturated heterocycles. The van der Waals surface area contributed by atoms with Gasteiger partial charge in [0, 0.05) is 0 Å². The molecular formula is C11H20O. The first-order valence-corrected chi connectivity index (χ1v) is 5.37. The average molecular weight is 168 g/mol. The van der Waals surface area contributed by atoms with Crippen LogP contribution in [-0.2, 0) is 4.74 Å². The molecule has 1 aliphatic carbocycles. The van der Waals surface area contributed by atoms with E-state index in [0.29, 0.717) is 5.60 Å². The summed E-state index contributed by atoms with van der Waals surface area (Å²) in [6.07, 6.45) is 6.96. The van der Waals surface area contributed by atoms with E-state index in [1.165, 1.54) is 32.1 Å². The number of hydrogen-bond donors (Lipinski definition) is 0. The van der Waals surface area contributed by atoms with Crippen molar-refractivity contribution < 1.29 is 4.74 Å². The third kappa shape index (κ3) is 1.52. The maximum absolute atomic E-state index is 5.65. The third-order valence-corrected chi connectivity index (χ3v) is 3.42. The summed E-state index contributed by atoms with van der Waals surface area (Å²) < 4.78 is 5.65. The van der Waals surface area contributed by atoms with E-state index in [2.05, 4.69) is 13.8 Å². The molecule has 1 unspecified atom stereocenters. The molecule has 70 valence electrons. The molecule has 0 aromatic rings. The standard InChI is InChI=1S/C11H20O/c1-9(2)7-10-5-3-4-6-11(10)8-12-11/h9-10H,3-8H2,1-2H3/t10-,11?/m1/s1. The molecule has 2 aliphatic rings. The second kappa shape index (κ2) is 3.02. The van der Waals surface area contributed by atoms with Crippen molar-refractivity contribution in [3.63, 3.8) is 0 Å². The van der Waals surface area contributed by atoms with Gasteiger partial charge in [-0.3, -0.25) is 0 Å². The molecule has 0 radical (unpaired) electrons. The zero-order valence-electron chi connectivity index (χ0n) is 8.31. The Hall–Kier alpha value is -0.0400. The van der Waals surface area contributed by atoms with Gasteiger partial charge in [-0.05, 0) is 31.1 Å². The molecule has 1 aliphatic heterocycles. The summed E-state index contributed by atoms with van der Waals surface area (Å²) in [7, 11) is 0. The molecular weight excluding hydrogens is 148 g/mol. The Kier molecular flexibility index (Phi) is 2.16. The molecule has 1 saturated carbocycles. The van der Waals surface area contributed by atoms with Crippen LogP contribution in [0.4, 0.5) is 0 Å². The normalized spacial score (nSPS) is 40.8. The van der Waals surface area contributed by atoms with Gasteiger partial charge in [0.25, 0.3) is 0 Å². The third-order valence-electron chi connectivity index (χ3n) is 3.42. The summed E-state index contributed by atoms with van der Waals surface area (Å²) in [6, 6.07) is 0. The molecule has 0 aromatic carbocycles. The Labute approximate surface area is 75.5 Å². The quantitative estimate of drug-likeness (QED) is 0.577. The summed E-state index contributed by atoms with van der Waals surface area (Å²) in [5, 5.41) is 0. The van der Waals surface area contributed by atoms with Crippen LogP contribution >= 0.6 is 0 Å². The van der Waals surface area contributed by atoms with Gasteiger partial charge in [0.05, 0.1) is 12.2 Å². The van der Waals surface area contributed by atoms with Crippen molar-refractivity contribution in [2.24, 2.45) is 11.8 Å². The number of hydrogen-bond acceptors (Lipinski definition) is 1. The molecule has 1 nitrogen and oxygen atoms in total. The Morgan fingerprint density at radius 3 is 2.75 bits per heavy atom. The van der Waals surface area contributed by atoms with Crippen molar-refractivity contribution >= 4 is 0 Å². The van der Waals surface area contributed by atoms with Crippen LogP contribution in [0.5, 0.6) is 0 Å². The van der Waals surface area contributed by atoms with Crippen LogP contribution in [0.2, 0.25) is 0 Å². The van der Waals surface area contributed by atoms with Gasteiger partial charge in [-0.1, -0.05) is 26.7 Å². The Bertz CT molecular complexity index is 158. The van der Waals surface area contributed by atoms with Gasteiger partial charge in [0.15, 0.2) is 0 Å². The van der Waals surface area contributed by atoms with Crippen molar-refractivity contribution in [1.29, 1.82) is 0 Å². The van der Waals surface area contributed by atoms with Crippen molar-refractivity contribution in [2.45, 2.75) is 51.6 Å². The van der Waals surface area contributed by atoms with Crippen LogP contribution in [-0.4, -0.2) is 12.2 Å². The largest absolute Gasteiger partial charge is 0.369 e. The first-order valence-electron chi connectivity index (χ1n) is 5.37. The first-order chi connectivity index (χ1) is 5.73. The maximum Gasteiger partial charge on any atom is 0.0944 e. The lowest BCUT2D eigenvalue weighted by molar-refractivity contribution is 0.139. The van der Waals surface area contributed by atoms with Gasteiger partial charge >= 0.3 is 0 Å². The fourth-order valence-electron chi connectivity index (χ4n) is 2.66. The van der Waals surface area contributed by atoms with Gasteiger partial charge in [-0.25, -0.2) is 0 Å². The van der Waals surface area contributed by atoms with E-state index in [4.69, 9.17) is 4.74 Å². The molecule has 2 atom stereocenters. The van der Waals surface area contributed by atoms with Crippen molar-refractivity contribution in [2.75, 3.05) is 6.61 Å². The molecule has 0 aromatic heterocycles. The minimum Gasteiger partial charge on any atom is -0.369 e. The summed E-state index contributed by atoms with van der Waals surface area (Å²) in [4.78, 5) is 0. The summed E-state index contributed by atoms with van der Waals surface area (Å²) in [6.45, 7) is 5.71. The second-order valence-electron chi connectivity index (χ2n) is 4.93. The summed E-state index contributed by atoms with van der Waals surface area (Å²) in [5.41, 5.74) is 0.377. The van der Waals surface area contributed by atoms with Crippen LogP contribution in [0.1, 0.15) is 46.0 Å². The molecule has 0 bridgehead atoms. The molecule has 2 fully saturated rings. The van der Waals surface area contributed by atoms with Gasteiger partial charge in [-0.2, -0.15) is 0 Å². The van der Waals surface area contributed by atoms with Gasteiger partial charge in [-0.15, -0.1) is 0 Å². The van der Waals surface area contributed by atoms with Crippen LogP contribution < -0.4 is 0 Å². The van der Waals surface area contributed by atoms with Gasteiger partial charge < -0.3 is 4.74 Å². The molecule has 2 rings (SSSR count). The molecule has 1 spiro atoms. The van der Waals surface area contributed by atoms with Crippen LogP contribution in [0.25, 0.3) is 0 Å². The number of rotatable bonds is 2. The first kappa shape index (κ1) is 8.55. The minimum atomic E-state index is 0.377. The lowest BCUT2D eigenvalue weighted by atomic mass is 9.75.